The van der Waals surface area contributed by atoms with Crippen LogP contribution >= 0.6 is 23.6 Å². The van der Waals surface area contributed by atoms with Crippen molar-refractivity contribution in [1.29, 1.82) is 0 Å². The summed E-state index contributed by atoms with van der Waals surface area (Å²) in [4.78, 5) is 3.29. The van der Waals surface area contributed by atoms with Gasteiger partial charge in [-0.1, -0.05) is 12.1 Å². The average Bonchev–Trinajstić information content (AvgIpc) is 2.91. The third kappa shape index (κ3) is 1.83. The highest BCUT2D eigenvalue weighted by atomic mass is 32.1. The monoisotopic (exact) mass is 260 g/mol. The van der Waals surface area contributed by atoms with E-state index in [4.69, 9.17) is 12.2 Å². The lowest BCUT2D eigenvalue weighted by molar-refractivity contribution is 0.813. The fraction of sp³-hybridized carbons (Fsp3) is 0.154. The standard InChI is InChI=1S/C13H12N2S2/c1-9-3-2-4-11-12(9)14-13(16)15(11)7-10-5-6-17-8-10/h2-6,8H,7H2,1H3,(H,14,16). The molecule has 0 aliphatic heterocycles. The molecular weight excluding hydrogens is 248 g/mol. The Kier molecular flexibility index (Phi) is 2.61. The van der Waals surface area contributed by atoms with Gasteiger partial charge in [-0.2, -0.15) is 11.3 Å². The van der Waals surface area contributed by atoms with Crippen molar-refractivity contribution in [2.75, 3.05) is 0 Å². The van der Waals surface area contributed by atoms with Crippen LogP contribution in [0.1, 0.15) is 11.1 Å². The lowest BCUT2D eigenvalue weighted by atomic mass is 10.2. The van der Waals surface area contributed by atoms with Gasteiger partial charge in [0.2, 0.25) is 0 Å². The van der Waals surface area contributed by atoms with Gasteiger partial charge < -0.3 is 9.55 Å². The molecule has 3 aromatic rings. The van der Waals surface area contributed by atoms with Crippen LogP contribution in [0, 0.1) is 11.7 Å². The molecule has 0 radical (unpaired) electrons. The molecule has 0 aliphatic rings. The highest BCUT2D eigenvalue weighted by Gasteiger charge is 2.06. The van der Waals surface area contributed by atoms with Gasteiger partial charge in [0.05, 0.1) is 17.6 Å². The van der Waals surface area contributed by atoms with Crippen molar-refractivity contribution < 1.29 is 0 Å². The maximum Gasteiger partial charge on any atom is 0.178 e. The maximum atomic E-state index is 5.40. The Bertz CT molecular complexity index is 705. The van der Waals surface area contributed by atoms with Gasteiger partial charge in [0, 0.05) is 0 Å². The number of imidazole rings is 1. The van der Waals surface area contributed by atoms with Crippen LogP contribution in [0.3, 0.4) is 0 Å². The zero-order valence-electron chi connectivity index (χ0n) is 9.43. The summed E-state index contributed by atoms with van der Waals surface area (Å²) >= 11 is 7.11. The first-order valence-electron chi connectivity index (χ1n) is 5.45. The lowest BCUT2D eigenvalue weighted by Crippen LogP contribution is -1.98. The van der Waals surface area contributed by atoms with Crippen molar-refractivity contribution in [2.24, 2.45) is 0 Å². The molecule has 1 aromatic carbocycles. The molecule has 2 nitrogen and oxygen atoms in total. The van der Waals surface area contributed by atoms with E-state index >= 15 is 0 Å². The topological polar surface area (TPSA) is 20.7 Å². The number of aromatic nitrogens is 2. The first-order valence-corrected chi connectivity index (χ1v) is 6.80. The molecule has 17 heavy (non-hydrogen) atoms. The lowest BCUT2D eigenvalue weighted by Gasteiger charge is -2.02. The summed E-state index contributed by atoms with van der Waals surface area (Å²) in [5.74, 6) is 0. The maximum absolute atomic E-state index is 5.40. The highest BCUT2D eigenvalue weighted by molar-refractivity contribution is 7.71. The van der Waals surface area contributed by atoms with E-state index in [2.05, 4.69) is 51.5 Å². The number of hydrogen-bond acceptors (Lipinski definition) is 2. The number of thiophene rings is 1. The van der Waals surface area contributed by atoms with Gasteiger partial charge in [0.15, 0.2) is 4.77 Å². The largest absolute Gasteiger partial charge is 0.330 e. The quantitative estimate of drug-likeness (QED) is 0.687. The Morgan fingerprint density at radius 3 is 3.00 bits per heavy atom. The minimum absolute atomic E-state index is 0.792. The van der Waals surface area contributed by atoms with Crippen molar-refractivity contribution >= 4 is 34.6 Å². The molecule has 0 unspecified atom stereocenters. The van der Waals surface area contributed by atoms with Crippen molar-refractivity contribution in [1.82, 2.24) is 9.55 Å². The number of nitrogens with zero attached hydrogens (tertiary/aromatic N) is 1. The molecule has 4 heteroatoms. The van der Waals surface area contributed by atoms with Gasteiger partial charge in [-0.25, -0.2) is 0 Å². The number of benzene rings is 1. The van der Waals surface area contributed by atoms with Crippen LogP contribution in [-0.2, 0) is 6.54 Å². The normalized spacial score (nSPS) is 11.1. The second-order valence-electron chi connectivity index (χ2n) is 4.12. The van der Waals surface area contributed by atoms with Gasteiger partial charge in [0.1, 0.15) is 0 Å². The number of rotatable bonds is 2. The molecule has 2 aromatic heterocycles. The Balaban J connectivity index is 2.19. The predicted octanol–water partition coefficient (Wildman–Crippen LogP) is 4.12. The molecular formula is C13H12N2S2. The van der Waals surface area contributed by atoms with Crippen LogP contribution in [0.5, 0.6) is 0 Å². The molecule has 0 atom stereocenters. The zero-order valence-corrected chi connectivity index (χ0v) is 11.1. The van der Waals surface area contributed by atoms with Gasteiger partial charge >= 0.3 is 0 Å². The number of H-pyrrole nitrogens is 1. The number of aryl methyl sites for hydroxylation is 1. The van der Waals surface area contributed by atoms with Crippen molar-refractivity contribution in [3.05, 3.63) is 50.9 Å². The average molecular weight is 260 g/mol. The minimum Gasteiger partial charge on any atom is -0.330 e. The van der Waals surface area contributed by atoms with Crippen molar-refractivity contribution in [3.63, 3.8) is 0 Å². The van der Waals surface area contributed by atoms with E-state index in [1.54, 1.807) is 11.3 Å². The van der Waals surface area contributed by atoms with E-state index < -0.39 is 0 Å². The Morgan fingerprint density at radius 2 is 2.24 bits per heavy atom. The Labute approximate surface area is 109 Å². The molecule has 0 fully saturated rings. The van der Waals surface area contributed by atoms with Gasteiger partial charge in [-0.05, 0) is 53.2 Å². The van der Waals surface area contributed by atoms with Crippen LogP contribution in [0.2, 0.25) is 0 Å². The summed E-state index contributed by atoms with van der Waals surface area (Å²) in [7, 11) is 0. The van der Waals surface area contributed by atoms with E-state index in [0.717, 1.165) is 16.8 Å². The second-order valence-corrected chi connectivity index (χ2v) is 5.28. The van der Waals surface area contributed by atoms with Gasteiger partial charge in [-0.15, -0.1) is 0 Å². The predicted molar refractivity (Wildman–Crippen MR) is 75.3 cm³/mol. The molecule has 0 amide bonds. The van der Waals surface area contributed by atoms with Crippen LogP contribution in [-0.4, -0.2) is 9.55 Å². The van der Waals surface area contributed by atoms with E-state index in [-0.39, 0.29) is 0 Å². The molecule has 3 rings (SSSR count). The number of hydrogen-bond donors (Lipinski definition) is 1. The second kappa shape index (κ2) is 4.13. The summed E-state index contributed by atoms with van der Waals surface area (Å²) in [6.07, 6.45) is 0. The molecule has 0 saturated heterocycles. The Hall–Kier alpha value is -1.39. The molecule has 0 aliphatic carbocycles. The summed E-state index contributed by atoms with van der Waals surface area (Å²) in [6, 6.07) is 8.43. The number of nitrogens with one attached hydrogen (secondary N) is 1. The van der Waals surface area contributed by atoms with Gasteiger partial charge in [0.25, 0.3) is 0 Å². The first kappa shape index (κ1) is 10.7. The van der Waals surface area contributed by atoms with Crippen LogP contribution in [0.15, 0.2) is 35.0 Å². The van der Waals surface area contributed by atoms with E-state index in [1.165, 1.54) is 16.6 Å². The van der Waals surface area contributed by atoms with E-state index in [1.807, 2.05) is 0 Å². The number of para-hydroxylation sites is 1. The molecule has 0 bridgehead atoms. The van der Waals surface area contributed by atoms with Crippen LogP contribution < -0.4 is 0 Å². The fourth-order valence-corrected chi connectivity index (χ4v) is 2.97. The van der Waals surface area contributed by atoms with Crippen LogP contribution in [0.25, 0.3) is 11.0 Å². The summed E-state index contributed by atoms with van der Waals surface area (Å²) in [5, 5.41) is 4.26. The minimum atomic E-state index is 0.792. The molecule has 1 N–H and O–H groups in total. The SMILES string of the molecule is Cc1cccc2c1[nH]c(=S)n2Cc1ccsc1. The third-order valence-corrected chi connectivity index (χ3v) is 3.99. The van der Waals surface area contributed by atoms with Gasteiger partial charge in [-0.3, -0.25) is 0 Å². The molecule has 0 spiro atoms. The summed E-state index contributed by atoms with van der Waals surface area (Å²) < 4.78 is 2.94. The third-order valence-electron chi connectivity index (χ3n) is 2.94. The molecule has 2 heterocycles. The number of aromatic amines is 1. The molecule has 0 saturated carbocycles. The van der Waals surface area contributed by atoms with Crippen molar-refractivity contribution in [2.45, 2.75) is 13.5 Å². The summed E-state index contributed by atoms with van der Waals surface area (Å²) in [6.45, 7) is 2.94. The first-order chi connectivity index (χ1) is 8.25. The van der Waals surface area contributed by atoms with Crippen LogP contribution in [0.4, 0.5) is 0 Å². The van der Waals surface area contributed by atoms with E-state index in [9.17, 15) is 0 Å². The smallest absolute Gasteiger partial charge is 0.178 e. The zero-order chi connectivity index (χ0) is 11.8. The molecule has 86 valence electrons. The highest BCUT2D eigenvalue weighted by Crippen LogP contribution is 2.19. The van der Waals surface area contributed by atoms with E-state index in [0.29, 0.717) is 0 Å². The fourth-order valence-electron chi connectivity index (χ4n) is 2.05. The summed E-state index contributed by atoms with van der Waals surface area (Å²) in [5.41, 5.74) is 4.86. The Morgan fingerprint density at radius 1 is 1.35 bits per heavy atom. The number of fused-ring (bicyclic) bond motifs is 1. The van der Waals surface area contributed by atoms with Crippen molar-refractivity contribution in [3.8, 4) is 0 Å².